The quantitative estimate of drug-likeness (QED) is 0.0349. The van der Waals surface area contributed by atoms with Gasteiger partial charge in [-0.2, -0.15) is 0 Å². The number of phenols is 8. The number of aliphatic imine (C=N–C) groups is 2. The van der Waals surface area contributed by atoms with Crippen molar-refractivity contribution < 1.29 is 40.9 Å². The van der Waals surface area contributed by atoms with E-state index < -0.39 is 56.8 Å². The molecular formula is C54H40N4O8S. The molecule has 0 bridgehead atoms. The smallest absolute Gasteiger partial charge is 0.206 e. The molecule has 1 aliphatic carbocycles. The molecule has 0 fully saturated rings. The number of fused-ring (bicyclic) bond motifs is 9. The Morgan fingerprint density at radius 3 is 1.87 bits per heavy atom. The molecule has 0 amide bonds. The molecule has 3 aromatic heterocycles. The number of nitrogens with zero attached hydrogens (tertiary/aromatic N) is 4. The van der Waals surface area contributed by atoms with Gasteiger partial charge in [0, 0.05) is 53.5 Å². The highest BCUT2D eigenvalue weighted by Gasteiger charge is 2.33. The van der Waals surface area contributed by atoms with Crippen LogP contribution in [-0.2, 0) is 0 Å². The second kappa shape index (κ2) is 15.5. The maximum absolute atomic E-state index is 11.4. The fourth-order valence-corrected chi connectivity index (χ4v) is 10.6. The van der Waals surface area contributed by atoms with Gasteiger partial charge in [0.1, 0.15) is 11.0 Å². The van der Waals surface area contributed by atoms with Crippen LogP contribution in [0.15, 0.2) is 149 Å². The Kier molecular flexibility index (Phi) is 9.49. The summed E-state index contributed by atoms with van der Waals surface area (Å²) in [7, 11) is 0. The Bertz CT molecular complexity index is 3850. The second-order valence-corrected chi connectivity index (χ2v) is 17.5. The maximum Gasteiger partial charge on any atom is 0.206 e. The number of phenolic OH excluding ortho intramolecular Hbond substituents is 8. The number of benzene rings is 7. The predicted molar refractivity (Wildman–Crippen MR) is 268 cm³/mol. The molecule has 67 heavy (non-hydrogen) atoms. The molecule has 11 rings (SSSR count). The molecule has 0 saturated heterocycles. The van der Waals surface area contributed by atoms with Gasteiger partial charge < -0.3 is 50.0 Å². The third-order valence-electron chi connectivity index (χ3n) is 12.7. The zero-order chi connectivity index (χ0) is 46.4. The first-order valence-electron chi connectivity index (χ1n) is 21.5. The van der Waals surface area contributed by atoms with E-state index in [0.29, 0.717) is 22.4 Å². The molecule has 10 aromatic rings. The lowest BCUT2D eigenvalue weighted by Gasteiger charge is -2.14. The van der Waals surface area contributed by atoms with Crippen LogP contribution in [0.25, 0.3) is 80.9 Å². The van der Waals surface area contributed by atoms with Gasteiger partial charge in [-0.15, -0.1) is 11.3 Å². The van der Waals surface area contributed by atoms with Crippen LogP contribution in [0.2, 0.25) is 0 Å². The maximum atomic E-state index is 11.4. The summed E-state index contributed by atoms with van der Waals surface area (Å²) in [4.78, 5) is 10.2. The number of thiophene rings is 1. The first-order valence-corrected chi connectivity index (χ1v) is 22.3. The van der Waals surface area contributed by atoms with Crippen molar-refractivity contribution in [3.8, 4) is 57.4 Å². The average Bonchev–Trinajstić information content (AvgIpc) is 4.03. The van der Waals surface area contributed by atoms with Crippen LogP contribution in [0.4, 0.5) is 0 Å². The van der Waals surface area contributed by atoms with Gasteiger partial charge >= 0.3 is 0 Å². The van der Waals surface area contributed by atoms with Crippen LogP contribution in [0, 0.1) is 0 Å². The molecule has 0 saturated carbocycles. The van der Waals surface area contributed by atoms with E-state index in [1.807, 2.05) is 86.7 Å². The summed E-state index contributed by atoms with van der Waals surface area (Å²) in [6.45, 7) is 4.02. The summed E-state index contributed by atoms with van der Waals surface area (Å²) in [6, 6.07) is 35.7. The fourth-order valence-electron chi connectivity index (χ4n) is 9.45. The van der Waals surface area contributed by atoms with Crippen LogP contribution in [0.5, 0.6) is 46.0 Å². The zero-order valence-corrected chi connectivity index (χ0v) is 36.7. The van der Waals surface area contributed by atoms with E-state index in [9.17, 15) is 40.9 Å². The first kappa shape index (κ1) is 41.1. The Morgan fingerprint density at radius 2 is 1.19 bits per heavy atom. The minimum atomic E-state index is -1.09. The molecule has 0 atom stereocenters. The van der Waals surface area contributed by atoms with Crippen LogP contribution in [-0.4, -0.2) is 61.5 Å². The van der Waals surface area contributed by atoms with Crippen LogP contribution >= 0.6 is 11.3 Å². The van der Waals surface area contributed by atoms with E-state index in [1.54, 1.807) is 23.5 Å². The number of hydrogen-bond acceptors (Lipinski definition) is 10. The summed E-state index contributed by atoms with van der Waals surface area (Å²) in [5.41, 5.74) is 6.76. The van der Waals surface area contributed by atoms with Crippen LogP contribution < -0.4 is 0 Å². The largest absolute Gasteiger partial charge is 0.504 e. The van der Waals surface area contributed by atoms with Gasteiger partial charge in [-0.25, -0.2) is 9.98 Å². The monoisotopic (exact) mass is 904 g/mol. The third-order valence-corrected chi connectivity index (χ3v) is 13.8. The number of aromatic hydroxyl groups is 8. The van der Waals surface area contributed by atoms with E-state index in [-0.39, 0.29) is 11.0 Å². The number of allylic oxidation sites excluding steroid dienone is 5. The summed E-state index contributed by atoms with van der Waals surface area (Å²) < 4.78 is 5.46. The van der Waals surface area contributed by atoms with E-state index in [4.69, 9.17) is 9.98 Å². The minimum Gasteiger partial charge on any atom is -0.504 e. The van der Waals surface area contributed by atoms with Crippen molar-refractivity contribution in [2.45, 2.75) is 26.7 Å². The van der Waals surface area contributed by atoms with Gasteiger partial charge in [-0.1, -0.05) is 97.1 Å². The predicted octanol–water partition coefficient (Wildman–Crippen LogP) is 12.4. The highest BCUT2D eigenvalue weighted by molar-refractivity contribution is 7.25. The number of hydrogen-bond donors (Lipinski definition) is 8. The van der Waals surface area contributed by atoms with Crippen LogP contribution in [0.3, 0.4) is 0 Å². The second-order valence-electron chi connectivity index (χ2n) is 16.4. The van der Waals surface area contributed by atoms with Crippen molar-refractivity contribution in [1.29, 1.82) is 0 Å². The SMILES string of the molecule is C/C=C(\N=C(N=C(C)C1=CC=CCC1)c1ccccc1)c1ccc2c(c1)sc1cc(-n3c4ccccc4c4c(-n5c6c(O)c(O)c(O)c(O)c6c6c(O)c(O)c(O)c(O)c65)cccc43)ccc12. The summed E-state index contributed by atoms with van der Waals surface area (Å²) >= 11 is 1.66. The average molecular weight is 905 g/mol. The van der Waals surface area contributed by atoms with Crippen molar-refractivity contribution in [2.24, 2.45) is 9.98 Å². The molecule has 3 heterocycles. The highest BCUT2D eigenvalue weighted by Crippen LogP contribution is 2.59. The van der Waals surface area contributed by atoms with Crippen molar-refractivity contribution >= 4 is 92.4 Å². The lowest BCUT2D eigenvalue weighted by Crippen LogP contribution is -2.06. The standard InChI is InChI=1S/C54H40N4O8S/c1-3-35(56-54(29-15-8-5-9-16-29)55-27(2)28-13-6-4-7-14-28)30-21-23-32-33-24-22-31(26-40(33)67-39(32)25-30)57-36-18-11-10-17-34(36)41-37(57)19-12-20-38(41)58-44-42(46(59)50(63)52(65)48(44)61)43-45(58)49(62)53(66)51(64)47(43)60/h3-6,8-13,15-26,59-66H,7,14H2,1-2H3/b35-3-,55-27?,56-54?. The molecule has 8 N–H and O–H groups in total. The van der Waals surface area contributed by atoms with Crippen molar-refractivity contribution in [3.05, 3.63) is 150 Å². The minimum absolute atomic E-state index is 0.296. The van der Waals surface area contributed by atoms with Gasteiger partial charge in [-0.05, 0) is 68.7 Å². The lowest BCUT2D eigenvalue weighted by molar-refractivity contribution is 0.350. The Labute approximate surface area is 385 Å². The molecule has 330 valence electrons. The molecule has 13 heteroatoms. The number of amidine groups is 1. The topological polar surface area (TPSA) is 196 Å². The molecule has 0 unspecified atom stereocenters. The van der Waals surface area contributed by atoms with Crippen molar-refractivity contribution in [1.82, 2.24) is 9.13 Å². The molecule has 0 aliphatic heterocycles. The van der Waals surface area contributed by atoms with E-state index in [0.717, 1.165) is 72.1 Å². The van der Waals surface area contributed by atoms with Crippen molar-refractivity contribution in [3.63, 3.8) is 0 Å². The molecule has 7 aromatic carbocycles. The highest BCUT2D eigenvalue weighted by atomic mass is 32.1. The first-order chi connectivity index (χ1) is 32.5. The molecule has 12 nitrogen and oxygen atoms in total. The van der Waals surface area contributed by atoms with Crippen LogP contribution in [0.1, 0.15) is 37.8 Å². The number of rotatable bonds is 6. The lowest BCUT2D eigenvalue weighted by atomic mass is 10.0. The Balaban J connectivity index is 1.08. The summed E-state index contributed by atoms with van der Waals surface area (Å²) in [6.07, 6.45) is 10.3. The Hall–Kier alpha value is -8.68. The molecule has 1 aliphatic rings. The van der Waals surface area contributed by atoms with Gasteiger partial charge in [0.25, 0.3) is 0 Å². The van der Waals surface area contributed by atoms with Gasteiger partial charge in [-0.3, -0.25) is 0 Å². The van der Waals surface area contributed by atoms with Crippen molar-refractivity contribution in [2.75, 3.05) is 0 Å². The molecule has 0 radical (unpaired) electrons. The fraction of sp³-hybridized carbons (Fsp3) is 0.0741. The molecule has 0 spiro atoms. The summed E-state index contributed by atoms with van der Waals surface area (Å²) in [5, 5.41) is 90.7. The zero-order valence-electron chi connectivity index (χ0n) is 35.9. The number of para-hydroxylation sites is 1. The summed E-state index contributed by atoms with van der Waals surface area (Å²) in [5.74, 6) is -7.33. The van der Waals surface area contributed by atoms with E-state index in [2.05, 4.69) is 53.1 Å². The third kappa shape index (κ3) is 6.19. The molecular weight excluding hydrogens is 865 g/mol. The van der Waals surface area contributed by atoms with E-state index in [1.165, 1.54) is 10.1 Å². The normalized spacial score (nSPS) is 13.9. The van der Waals surface area contributed by atoms with Gasteiger partial charge in [0.05, 0.1) is 33.2 Å². The van der Waals surface area contributed by atoms with Gasteiger partial charge in [0.2, 0.25) is 23.0 Å². The van der Waals surface area contributed by atoms with Gasteiger partial charge in [0.15, 0.2) is 28.8 Å². The number of aromatic nitrogens is 2. The Morgan fingerprint density at radius 1 is 0.567 bits per heavy atom. The van der Waals surface area contributed by atoms with E-state index >= 15 is 0 Å².